The first kappa shape index (κ1) is 10.1. The number of primary amides is 1. The third-order valence-electron chi connectivity index (χ3n) is 1.99. The highest BCUT2D eigenvalue weighted by Gasteiger charge is 2.16. The van der Waals surface area contributed by atoms with Crippen LogP contribution in [0, 0.1) is 11.8 Å². The molecule has 1 aliphatic rings. The van der Waals surface area contributed by atoms with E-state index in [1.165, 1.54) is 6.07 Å². The van der Waals surface area contributed by atoms with Gasteiger partial charge in [-0.1, -0.05) is 5.92 Å². The number of hydrogen-bond donors (Lipinski definition) is 1. The molecule has 1 aromatic carbocycles. The lowest BCUT2D eigenvalue weighted by atomic mass is 10.1. The van der Waals surface area contributed by atoms with Gasteiger partial charge in [0.2, 0.25) is 6.79 Å². The van der Waals surface area contributed by atoms with Gasteiger partial charge in [0, 0.05) is 23.1 Å². The molecule has 0 fully saturated rings. The van der Waals surface area contributed by atoms with E-state index in [0.717, 1.165) is 0 Å². The summed E-state index contributed by atoms with van der Waals surface area (Å²) >= 11 is 0. The standard InChI is InChI=1S/C11H7NO4/c12-11(14)2-1-7-3-9-10(16-6-15-9)4-8(7)5-13/h3-5H,6H2,(H2,12,14). The molecule has 0 bridgehead atoms. The fourth-order valence-electron chi connectivity index (χ4n) is 1.29. The second-order valence-electron chi connectivity index (χ2n) is 3.02. The second kappa shape index (κ2) is 3.95. The van der Waals surface area contributed by atoms with Crippen molar-refractivity contribution >= 4 is 12.2 Å². The predicted octanol–water partition coefficient (Wildman–Crippen LogP) is 0.0646. The quantitative estimate of drug-likeness (QED) is 0.533. The SMILES string of the molecule is NC(=O)C#Cc1cc2c(cc1C=O)OCO2. The van der Waals surface area contributed by atoms with E-state index in [0.29, 0.717) is 28.9 Å². The van der Waals surface area contributed by atoms with Gasteiger partial charge in [0.1, 0.15) is 0 Å². The van der Waals surface area contributed by atoms with Crippen LogP contribution in [0.2, 0.25) is 0 Å². The number of carbonyl (C=O) groups is 2. The van der Waals surface area contributed by atoms with Crippen molar-refractivity contribution in [3.63, 3.8) is 0 Å². The smallest absolute Gasteiger partial charge is 0.293 e. The van der Waals surface area contributed by atoms with Crippen LogP contribution in [-0.2, 0) is 4.79 Å². The molecular weight excluding hydrogens is 210 g/mol. The maximum Gasteiger partial charge on any atom is 0.293 e. The van der Waals surface area contributed by atoms with Gasteiger partial charge in [-0.15, -0.1) is 0 Å². The number of rotatable bonds is 1. The predicted molar refractivity (Wildman–Crippen MR) is 54.0 cm³/mol. The molecule has 16 heavy (non-hydrogen) atoms. The van der Waals surface area contributed by atoms with Crippen molar-refractivity contribution in [3.05, 3.63) is 23.3 Å². The van der Waals surface area contributed by atoms with Crippen molar-refractivity contribution in [2.24, 2.45) is 5.73 Å². The van der Waals surface area contributed by atoms with Crippen LogP contribution in [0.5, 0.6) is 11.5 Å². The molecule has 0 aromatic heterocycles. The number of amides is 1. The Labute approximate surface area is 91.1 Å². The molecule has 0 atom stereocenters. The van der Waals surface area contributed by atoms with Gasteiger partial charge in [0.05, 0.1) is 0 Å². The van der Waals surface area contributed by atoms with Crippen LogP contribution in [0.3, 0.4) is 0 Å². The molecule has 1 aromatic rings. The minimum absolute atomic E-state index is 0.111. The molecule has 0 radical (unpaired) electrons. The van der Waals surface area contributed by atoms with Crippen LogP contribution >= 0.6 is 0 Å². The number of aldehydes is 1. The molecule has 5 nitrogen and oxygen atoms in total. The first-order valence-corrected chi connectivity index (χ1v) is 4.41. The number of ether oxygens (including phenoxy) is 2. The minimum atomic E-state index is -0.755. The highest BCUT2D eigenvalue weighted by Crippen LogP contribution is 2.34. The summed E-state index contributed by atoms with van der Waals surface area (Å²) in [6.07, 6.45) is 0.632. The van der Waals surface area contributed by atoms with Crippen molar-refractivity contribution in [2.75, 3.05) is 6.79 Å². The largest absolute Gasteiger partial charge is 0.454 e. The Balaban J connectivity index is 2.49. The Kier molecular flexibility index (Phi) is 2.48. The molecule has 1 heterocycles. The number of nitrogens with two attached hydrogens (primary N) is 1. The van der Waals surface area contributed by atoms with Crippen molar-refractivity contribution in [1.29, 1.82) is 0 Å². The number of fused-ring (bicyclic) bond motifs is 1. The molecule has 2 rings (SSSR count). The van der Waals surface area contributed by atoms with E-state index < -0.39 is 5.91 Å². The Morgan fingerprint density at radius 2 is 2.06 bits per heavy atom. The van der Waals surface area contributed by atoms with Gasteiger partial charge in [-0.05, 0) is 6.07 Å². The molecule has 0 aliphatic carbocycles. The molecule has 0 saturated heterocycles. The van der Waals surface area contributed by atoms with Crippen molar-refractivity contribution in [1.82, 2.24) is 0 Å². The fraction of sp³-hybridized carbons (Fsp3) is 0.0909. The van der Waals surface area contributed by atoms with Crippen molar-refractivity contribution in [2.45, 2.75) is 0 Å². The summed E-state index contributed by atoms with van der Waals surface area (Å²) in [6, 6.07) is 3.06. The monoisotopic (exact) mass is 217 g/mol. The summed E-state index contributed by atoms with van der Waals surface area (Å²) in [5, 5.41) is 0. The van der Waals surface area contributed by atoms with Crippen LogP contribution in [-0.4, -0.2) is 19.0 Å². The van der Waals surface area contributed by atoms with Gasteiger partial charge in [-0.2, -0.15) is 0 Å². The lowest BCUT2D eigenvalue weighted by molar-refractivity contribution is -0.112. The molecular formula is C11H7NO4. The van der Waals surface area contributed by atoms with Gasteiger partial charge in [0.25, 0.3) is 5.91 Å². The maximum atomic E-state index is 10.8. The minimum Gasteiger partial charge on any atom is -0.454 e. The fourth-order valence-corrected chi connectivity index (χ4v) is 1.29. The highest BCUT2D eigenvalue weighted by molar-refractivity contribution is 5.93. The van der Waals surface area contributed by atoms with E-state index in [4.69, 9.17) is 15.2 Å². The van der Waals surface area contributed by atoms with Gasteiger partial charge in [-0.3, -0.25) is 9.59 Å². The third-order valence-corrected chi connectivity index (χ3v) is 1.99. The van der Waals surface area contributed by atoms with E-state index >= 15 is 0 Å². The zero-order valence-electron chi connectivity index (χ0n) is 8.15. The zero-order chi connectivity index (χ0) is 11.5. The first-order valence-electron chi connectivity index (χ1n) is 4.41. The van der Waals surface area contributed by atoms with E-state index in [-0.39, 0.29) is 6.79 Å². The number of hydrogen-bond acceptors (Lipinski definition) is 4. The molecule has 0 spiro atoms. The molecule has 1 amide bonds. The first-order chi connectivity index (χ1) is 7.70. The van der Waals surface area contributed by atoms with E-state index in [9.17, 15) is 9.59 Å². The number of carbonyl (C=O) groups excluding carboxylic acids is 2. The summed E-state index contributed by atoms with van der Waals surface area (Å²) in [6.45, 7) is 0.111. The third kappa shape index (κ3) is 1.81. The number of benzene rings is 1. The van der Waals surface area contributed by atoms with E-state index in [2.05, 4.69) is 11.8 Å². The molecule has 1 aliphatic heterocycles. The van der Waals surface area contributed by atoms with Crippen LogP contribution in [0.4, 0.5) is 0 Å². The molecule has 0 unspecified atom stereocenters. The Bertz CT molecular complexity index is 525. The lowest BCUT2D eigenvalue weighted by Crippen LogP contribution is -2.06. The highest BCUT2D eigenvalue weighted by atomic mass is 16.7. The zero-order valence-corrected chi connectivity index (χ0v) is 8.15. The van der Waals surface area contributed by atoms with Gasteiger partial charge < -0.3 is 15.2 Å². The summed E-state index contributed by atoms with van der Waals surface area (Å²) in [7, 11) is 0. The van der Waals surface area contributed by atoms with Gasteiger partial charge in [-0.25, -0.2) is 0 Å². The Hall–Kier alpha value is -2.48. The van der Waals surface area contributed by atoms with Crippen LogP contribution in [0.15, 0.2) is 12.1 Å². The van der Waals surface area contributed by atoms with Gasteiger partial charge >= 0.3 is 0 Å². The molecule has 2 N–H and O–H groups in total. The summed E-state index contributed by atoms with van der Waals surface area (Å²) in [4.78, 5) is 21.3. The summed E-state index contributed by atoms with van der Waals surface area (Å²) < 4.78 is 10.2. The average Bonchev–Trinajstić information content (AvgIpc) is 2.71. The Morgan fingerprint density at radius 1 is 1.38 bits per heavy atom. The van der Waals surface area contributed by atoms with E-state index in [1.807, 2.05) is 0 Å². The van der Waals surface area contributed by atoms with Crippen LogP contribution < -0.4 is 15.2 Å². The summed E-state index contributed by atoms with van der Waals surface area (Å²) in [5.41, 5.74) is 5.61. The van der Waals surface area contributed by atoms with Gasteiger partial charge in [0.15, 0.2) is 17.8 Å². The second-order valence-corrected chi connectivity index (χ2v) is 3.02. The van der Waals surface area contributed by atoms with Crippen LogP contribution in [0.1, 0.15) is 15.9 Å². The van der Waals surface area contributed by atoms with Crippen molar-refractivity contribution in [3.8, 4) is 23.3 Å². The molecule has 0 saturated carbocycles. The van der Waals surface area contributed by atoms with E-state index in [1.54, 1.807) is 6.07 Å². The molecule has 5 heteroatoms. The summed E-state index contributed by atoms with van der Waals surface area (Å²) in [5.74, 6) is 4.90. The van der Waals surface area contributed by atoms with Crippen molar-refractivity contribution < 1.29 is 19.1 Å². The lowest BCUT2D eigenvalue weighted by Gasteiger charge is -1.99. The normalized spacial score (nSPS) is 11.5. The topological polar surface area (TPSA) is 78.6 Å². The van der Waals surface area contributed by atoms with Crippen LogP contribution in [0.25, 0.3) is 0 Å². The molecule has 80 valence electrons. The average molecular weight is 217 g/mol. The maximum absolute atomic E-state index is 10.8. The Morgan fingerprint density at radius 3 is 2.69 bits per heavy atom.